The number of carbonyl (C=O) groups excluding carboxylic acids is 1. The average molecular weight is 440 g/mol. The van der Waals surface area contributed by atoms with Crippen molar-refractivity contribution in [2.45, 2.75) is 6.42 Å². The van der Waals surface area contributed by atoms with Crippen molar-refractivity contribution in [1.29, 1.82) is 0 Å². The summed E-state index contributed by atoms with van der Waals surface area (Å²) in [5.74, 6) is 2.18. The standard InChI is InChI=1S/C23H21NO4S2/c1-26-18-8-6-15(7-9-18)10-11-24-22(25)20(30-23(24)29)13-16-12-17-4-3-5-19(27-2)21(17)28-14-16/h3-9,12-13H,10-11,14H2,1-2H3/b20-13-. The van der Waals surface area contributed by atoms with Crippen LogP contribution < -0.4 is 14.2 Å². The minimum atomic E-state index is -0.0594. The van der Waals surface area contributed by atoms with Crippen molar-refractivity contribution in [3.05, 3.63) is 70.1 Å². The number of para-hydroxylation sites is 1. The first-order valence-electron chi connectivity index (χ1n) is 9.47. The quantitative estimate of drug-likeness (QED) is 0.489. The number of carbonyl (C=O) groups is 1. The minimum absolute atomic E-state index is 0.0594. The molecular formula is C23H21NO4S2. The number of thioether (sulfide) groups is 1. The predicted molar refractivity (Wildman–Crippen MR) is 123 cm³/mol. The average Bonchev–Trinajstić information content (AvgIpc) is 3.04. The fraction of sp³-hybridized carbons (Fsp3) is 0.217. The van der Waals surface area contributed by atoms with Crippen molar-refractivity contribution in [1.82, 2.24) is 4.90 Å². The number of hydrogen-bond donors (Lipinski definition) is 0. The number of methoxy groups -OCH3 is 2. The lowest BCUT2D eigenvalue weighted by Crippen LogP contribution is -2.30. The van der Waals surface area contributed by atoms with Crippen LogP contribution in [-0.2, 0) is 11.2 Å². The van der Waals surface area contributed by atoms with Crippen LogP contribution in [0.1, 0.15) is 11.1 Å². The molecule has 0 atom stereocenters. The summed E-state index contributed by atoms with van der Waals surface area (Å²) >= 11 is 6.79. The molecule has 2 aromatic rings. The lowest BCUT2D eigenvalue weighted by Gasteiger charge is -2.18. The molecule has 0 unspecified atom stereocenters. The summed E-state index contributed by atoms with van der Waals surface area (Å²) in [6, 6.07) is 13.6. The zero-order valence-corrected chi connectivity index (χ0v) is 18.3. The number of nitrogens with zero attached hydrogens (tertiary/aromatic N) is 1. The molecule has 0 bridgehead atoms. The van der Waals surface area contributed by atoms with Crippen LogP contribution in [0.2, 0.25) is 0 Å². The van der Waals surface area contributed by atoms with Crippen LogP contribution in [0.4, 0.5) is 0 Å². The van der Waals surface area contributed by atoms with Crippen molar-refractivity contribution < 1.29 is 19.0 Å². The van der Waals surface area contributed by atoms with Gasteiger partial charge in [-0.15, -0.1) is 0 Å². The van der Waals surface area contributed by atoms with Crippen molar-refractivity contribution in [3.8, 4) is 17.2 Å². The molecule has 0 aliphatic carbocycles. The van der Waals surface area contributed by atoms with Gasteiger partial charge < -0.3 is 14.2 Å². The van der Waals surface area contributed by atoms with Crippen LogP contribution in [0.25, 0.3) is 6.08 Å². The number of thiocarbonyl (C=S) groups is 1. The third-order valence-corrected chi connectivity index (χ3v) is 6.30. The third kappa shape index (κ3) is 4.22. The molecule has 1 fully saturated rings. The summed E-state index contributed by atoms with van der Waals surface area (Å²) < 4.78 is 17.0. The molecule has 2 heterocycles. The van der Waals surface area contributed by atoms with E-state index in [9.17, 15) is 4.79 Å². The Morgan fingerprint density at radius 2 is 1.97 bits per heavy atom. The Kier molecular flexibility index (Phi) is 6.11. The molecule has 7 heteroatoms. The number of benzene rings is 2. The fourth-order valence-corrected chi connectivity index (χ4v) is 4.66. The molecule has 2 aromatic carbocycles. The molecule has 0 saturated carbocycles. The van der Waals surface area contributed by atoms with Gasteiger partial charge in [-0.3, -0.25) is 9.69 Å². The monoisotopic (exact) mass is 439 g/mol. The summed E-state index contributed by atoms with van der Waals surface area (Å²) in [7, 11) is 3.26. The zero-order valence-electron chi connectivity index (χ0n) is 16.7. The highest BCUT2D eigenvalue weighted by Gasteiger charge is 2.32. The van der Waals surface area contributed by atoms with E-state index in [1.807, 2.05) is 54.6 Å². The van der Waals surface area contributed by atoms with Gasteiger partial charge >= 0.3 is 0 Å². The van der Waals surface area contributed by atoms with E-state index in [0.29, 0.717) is 28.1 Å². The highest BCUT2D eigenvalue weighted by atomic mass is 32.2. The van der Waals surface area contributed by atoms with Gasteiger partial charge in [-0.25, -0.2) is 0 Å². The van der Waals surface area contributed by atoms with Gasteiger partial charge in [-0.05, 0) is 47.9 Å². The first-order chi connectivity index (χ1) is 14.6. The summed E-state index contributed by atoms with van der Waals surface area (Å²) in [6.45, 7) is 0.924. The van der Waals surface area contributed by atoms with E-state index in [4.69, 9.17) is 26.4 Å². The summed E-state index contributed by atoms with van der Waals surface area (Å²) in [4.78, 5) is 15.2. The van der Waals surface area contributed by atoms with Gasteiger partial charge in [0.1, 0.15) is 16.7 Å². The molecule has 2 aliphatic rings. The first kappa shape index (κ1) is 20.5. The van der Waals surface area contributed by atoms with Crippen LogP contribution in [0.5, 0.6) is 17.2 Å². The molecule has 30 heavy (non-hydrogen) atoms. The summed E-state index contributed by atoms with van der Waals surface area (Å²) in [5, 5.41) is 0. The predicted octanol–water partition coefficient (Wildman–Crippen LogP) is 4.47. The van der Waals surface area contributed by atoms with E-state index in [-0.39, 0.29) is 5.91 Å². The van der Waals surface area contributed by atoms with Crippen molar-refractivity contribution >= 4 is 40.3 Å². The van der Waals surface area contributed by atoms with Crippen LogP contribution in [0.3, 0.4) is 0 Å². The molecule has 4 rings (SSSR count). The van der Waals surface area contributed by atoms with Gasteiger partial charge in [0.25, 0.3) is 5.91 Å². The first-order valence-corrected chi connectivity index (χ1v) is 10.7. The molecule has 154 valence electrons. The topological polar surface area (TPSA) is 48.0 Å². The Morgan fingerprint density at radius 1 is 1.17 bits per heavy atom. The molecule has 1 saturated heterocycles. The SMILES string of the molecule is COc1ccc(CCN2C(=O)/C(=C/C3=Cc4cccc(OC)c4OC3)SC2=S)cc1. The lowest BCUT2D eigenvalue weighted by atomic mass is 10.1. The maximum atomic E-state index is 12.9. The number of rotatable bonds is 6. The Balaban J connectivity index is 1.46. The Hall–Kier alpha value is -2.77. The maximum Gasteiger partial charge on any atom is 0.266 e. The number of ether oxygens (including phenoxy) is 3. The minimum Gasteiger partial charge on any atom is -0.497 e. The van der Waals surface area contributed by atoms with Crippen LogP contribution >= 0.6 is 24.0 Å². The van der Waals surface area contributed by atoms with Crippen LogP contribution in [0.15, 0.2) is 59.0 Å². The molecule has 0 N–H and O–H groups in total. The van der Waals surface area contributed by atoms with E-state index in [1.165, 1.54) is 11.8 Å². The molecule has 1 amide bonds. The number of hydrogen-bond acceptors (Lipinski definition) is 6. The zero-order chi connectivity index (χ0) is 21.1. The van der Waals surface area contributed by atoms with Gasteiger partial charge in [0.15, 0.2) is 11.5 Å². The van der Waals surface area contributed by atoms with Gasteiger partial charge in [0.05, 0.1) is 19.1 Å². The van der Waals surface area contributed by atoms with E-state index in [1.54, 1.807) is 19.1 Å². The van der Waals surface area contributed by atoms with Crippen LogP contribution in [-0.4, -0.2) is 42.5 Å². The summed E-state index contributed by atoms with van der Waals surface area (Å²) in [6.07, 6.45) is 4.61. The third-order valence-electron chi connectivity index (χ3n) is 4.93. The van der Waals surface area contributed by atoms with Crippen molar-refractivity contribution in [2.75, 3.05) is 27.4 Å². The van der Waals surface area contributed by atoms with Crippen LogP contribution in [0, 0.1) is 0 Å². The molecule has 0 spiro atoms. The molecule has 5 nitrogen and oxygen atoms in total. The molecule has 2 aliphatic heterocycles. The molecule has 0 aromatic heterocycles. The van der Waals surface area contributed by atoms with E-state index >= 15 is 0 Å². The summed E-state index contributed by atoms with van der Waals surface area (Å²) in [5.41, 5.74) is 2.98. The Morgan fingerprint density at radius 3 is 2.70 bits per heavy atom. The molecule has 0 radical (unpaired) electrons. The normalized spacial score (nSPS) is 16.9. The van der Waals surface area contributed by atoms with Gasteiger partial charge in [0.2, 0.25) is 0 Å². The van der Waals surface area contributed by atoms with Crippen molar-refractivity contribution in [3.63, 3.8) is 0 Å². The lowest BCUT2D eigenvalue weighted by molar-refractivity contribution is -0.122. The Labute approximate surface area is 185 Å². The van der Waals surface area contributed by atoms with Crippen molar-refractivity contribution in [2.24, 2.45) is 0 Å². The van der Waals surface area contributed by atoms with E-state index in [0.717, 1.165) is 34.6 Å². The van der Waals surface area contributed by atoms with E-state index in [2.05, 4.69) is 0 Å². The highest BCUT2D eigenvalue weighted by Crippen LogP contribution is 2.37. The van der Waals surface area contributed by atoms with Gasteiger partial charge in [0, 0.05) is 12.1 Å². The van der Waals surface area contributed by atoms with Gasteiger partial charge in [-0.1, -0.05) is 48.2 Å². The number of amides is 1. The maximum absolute atomic E-state index is 12.9. The highest BCUT2D eigenvalue weighted by molar-refractivity contribution is 8.26. The smallest absolute Gasteiger partial charge is 0.266 e. The largest absolute Gasteiger partial charge is 0.497 e. The fourth-order valence-electron chi connectivity index (χ4n) is 3.34. The van der Waals surface area contributed by atoms with Gasteiger partial charge in [-0.2, -0.15) is 0 Å². The second kappa shape index (κ2) is 8.93. The molecular weight excluding hydrogens is 418 g/mol. The second-order valence-corrected chi connectivity index (χ2v) is 8.49. The Bertz CT molecular complexity index is 1040. The second-order valence-electron chi connectivity index (χ2n) is 6.82. The van der Waals surface area contributed by atoms with E-state index < -0.39 is 0 Å². The number of fused-ring (bicyclic) bond motifs is 1.